The fourth-order valence-electron chi connectivity index (χ4n) is 2.54. The van der Waals surface area contributed by atoms with Crippen LogP contribution >= 0.6 is 0 Å². The zero-order valence-electron chi connectivity index (χ0n) is 15.5. The molecule has 2 aromatic rings. The lowest BCUT2D eigenvalue weighted by Gasteiger charge is -2.18. The highest BCUT2D eigenvalue weighted by Gasteiger charge is 2.22. The zero-order valence-corrected chi connectivity index (χ0v) is 16.3. The molecule has 0 atom stereocenters. The standard InChI is InChI=1S/C19H21N3O5S/c1-3-21(4-2)28(26,27)16-11-12-19(23)17(14-16)20-13-7-9-15-8-5-6-10-18(15)22(24)25/h5-14,23H,3-4H2,1-2H3. The lowest BCUT2D eigenvalue weighted by atomic mass is 10.1. The molecule has 0 saturated carbocycles. The normalized spacial score (nSPS) is 12.2. The van der Waals surface area contributed by atoms with E-state index in [-0.39, 0.29) is 22.0 Å². The van der Waals surface area contributed by atoms with Gasteiger partial charge in [-0.15, -0.1) is 0 Å². The number of benzene rings is 2. The molecule has 0 aromatic heterocycles. The van der Waals surface area contributed by atoms with Crippen LogP contribution in [0.4, 0.5) is 11.4 Å². The summed E-state index contributed by atoms with van der Waals surface area (Å²) in [5, 5.41) is 21.0. The van der Waals surface area contributed by atoms with Crippen molar-refractivity contribution in [3.63, 3.8) is 0 Å². The highest BCUT2D eigenvalue weighted by Crippen LogP contribution is 2.30. The molecule has 1 N–H and O–H groups in total. The number of aromatic hydroxyl groups is 1. The number of phenolic OH excluding ortho intramolecular Hbond substituents is 1. The summed E-state index contributed by atoms with van der Waals surface area (Å²) in [6.45, 7) is 4.15. The van der Waals surface area contributed by atoms with Gasteiger partial charge in [-0.2, -0.15) is 4.31 Å². The highest BCUT2D eigenvalue weighted by atomic mass is 32.2. The summed E-state index contributed by atoms with van der Waals surface area (Å²) in [7, 11) is -3.67. The van der Waals surface area contributed by atoms with E-state index in [9.17, 15) is 23.6 Å². The third kappa shape index (κ3) is 4.81. The minimum absolute atomic E-state index is 0.0313. The molecule has 0 aliphatic rings. The van der Waals surface area contributed by atoms with Gasteiger partial charge in [0.1, 0.15) is 11.4 Å². The predicted molar refractivity (Wildman–Crippen MR) is 108 cm³/mol. The Morgan fingerprint density at radius 2 is 1.86 bits per heavy atom. The quantitative estimate of drug-likeness (QED) is 0.410. The van der Waals surface area contributed by atoms with Crippen molar-refractivity contribution in [2.75, 3.05) is 13.1 Å². The fourth-order valence-corrected chi connectivity index (χ4v) is 4.02. The Labute approximate surface area is 163 Å². The molecule has 148 valence electrons. The number of hydrogen-bond acceptors (Lipinski definition) is 6. The van der Waals surface area contributed by atoms with Gasteiger partial charge >= 0.3 is 0 Å². The van der Waals surface area contributed by atoms with Crippen LogP contribution < -0.4 is 0 Å². The largest absolute Gasteiger partial charge is 0.506 e. The van der Waals surface area contributed by atoms with Crippen molar-refractivity contribution >= 4 is 33.7 Å². The molecule has 0 aliphatic heterocycles. The summed E-state index contributed by atoms with van der Waals surface area (Å²) in [6.07, 6.45) is 4.32. The van der Waals surface area contributed by atoms with Gasteiger partial charge < -0.3 is 5.11 Å². The van der Waals surface area contributed by atoms with E-state index < -0.39 is 14.9 Å². The number of hydrogen-bond donors (Lipinski definition) is 1. The van der Waals surface area contributed by atoms with E-state index in [2.05, 4.69) is 4.99 Å². The molecule has 8 nitrogen and oxygen atoms in total. The minimum atomic E-state index is -3.67. The number of nitrogens with zero attached hydrogens (tertiary/aromatic N) is 3. The van der Waals surface area contributed by atoms with Gasteiger partial charge in [-0.25, -0.2) is 8.42 Å². The van der Waals surface area contributed by atoms with Gasteiger partial charge in [0.15, 0.2) is 0 Å². The van der Waals surface area contributed by atoms with E-state index in [1.807, 2.05) is 0 Å². The van der Waals surface area contributed by atoms with Gasteiger partial charge in [-0.1, -0.05) is 26.0 Å². The molecular formula is C19H21N3O5S. The number of para-hydroxylation sites is 1. The van der Waals surface area contributed by atoms with Crippen LogP contribution in [0.15, 0.2) is 58.4 Å². The Kier molecular flexibility index (Phi) is 7.02. The molecular weight excluding hydrogens is 382 g/mol. The third-order valence-electron chi connectivity index (χ3n) is 4.00. The number of rotatable bonds is 8. The van der Waals surface area contributed by atoms with Crippen LogP contribution in [0.5, 0.6) is 5.75 Å². The SMILES string of the molecule is CCN(CC)S(=O)(=O)c1ccc(O)c(N=CC=Cc2ccccc2[N+](=O)[O-])c1. The number of aliphatic imine (C=N–C) groups is 1. The first kappa shape index (κ1) is 21.3. The van der Waals surface area contributed by atoms with E-state index in [0.717, 1.165) is 0 Å². The molecule has 2 aromatic carbocycles. The van der Waals surface area contributed by atoms with Gasteiger partial charge in [-0.05, 0) is 36.4 Å². The molecule has 0 radical (unpaired) electrons. The van der Waals surface area contributed by atoms with E-state index >= 15 is 0 Å². The Hall–Kier alpha value is -3.04. The first-order valence-corrected chi connectivity index (χ1v) is 10.0. The molecule has 0 spiro atoms. The van der Waals surface area contributed by atoms with E-state index in [1.165, 1.54) is 46.9 Å². The van der Waals surface area contributed by atoms with Crippen molar-refractivity contribution in [1.82, 2.24) is 4.31 Å². The zero-order chi connectivity index (χ0) is 20.7. The van der Waals surface area contributed by atoms with Gasteiger partial charge in [0, 0.05) is 25.4 Å². The summed E-state index contributed by atoms with van der Waals surface area (Å²) in [5.41, 5.74) is 0.448. The number of phenols is 1. The molecule has 0 saturated heterocycles. The first-order chi connectivity index (χ1) is 13.3. The number of nitro benzene ring substituents is 1. The second kappa shape index (κ2) is 9.25. The highest BCUT2D eigenvalue weighted by molar-refractivity contribution is 7.89. The smallest absolute Gasteiger partial charge is 0.276 e. The maximum atomic E-state index is 12.6. The number of sulfonamides is 1. The van der Waals surface area contributed by atoms with Crippen molar-refractivity contribution in [1.29, 1.82) is 0 Å². The second-order valence-electron chi connectivity index (χ2n) is 5.69. The summed E-state index contributed by atoms with van der Waals surface area (Å²) in [6, 6.07) is 10.1. The molecule has 2 rings (SSSR count). The number of allylic oxidation sites excluding steroid dienone is 1. The second-order valence-corrected chi connectivity index (χ2v) is 7.63. The first-order valence-electron chi connectivity index (χ1n) is 8.58. The lowest BCUT2D eigenvalue weighted by molar-refractivity contribution is -0.385. The Balaban J connectivity index is 2.29. The molecule has 28 heavy (non-hydrogen) atoms. The van der Waals surface area contributed by atoms with Crippen LogP contribution in [0.25, 0.3) is 6.08 Å². The maximum absolute atomic E-state index is 12.6. The molecule has 0 bridgehead atoms. The summed E-state index contributed by atoms with van der Waals surface area (Å²) < 4.78 is 26.5. The van der Waals surface area contributed by atoms with Crippen molar-refractivity contribution in [3.05, 3.63) is 64.2 Å². The van der Waals surface area contributed by atoms with Crippen LogP contribution in [0.2, 0.25) is 0 Å². The number of nitro groups is 1. The molecule has 9 heteroatoms. The van der Waals surface area contributed by atoms with Crippen LogP contribution in [-0.2, 0) is 10.0 Å². The topological polar surface area (TPSA) is 113 Å². The average Bonchev–Trinajstić information content (AvgIpc) is 2.67. The third-order valence-corrected chi connectivity index (χ3v) is 6.04. The summed E-state index contributed by atoms with van der Waals surface area (Å²) >= 11 is 0. The van der Waals surface area contributed by atoms with E-state index in [0.29, 0.717) is 18.7 Å². The fraction of sp³-hybridized carbons (Fsp3) is 0.211. The van der Waals surface area contributed by atoms with Crippen LogP contribution in [0.3, 0.4) is 0 Å². The Bertz CT molecular complexity index is 1010. The maximum Gasteiger partial charge on any atom is 0.276 e. The van der Waals surface area contributed by atoms with Crippen molar-refractivity contribution in [3.8, 4) is 5.75 Å². The van der Waals surface area contributed by atoms with E-state index in [1.54, 1.807) is 32.0 Å². The average molecular weight is 403 g/mol. The molecule has 0 unspecified atom stereocenters. The van der Waals surface area contributed by atoms with Crippen LogP contribution in [0, 0.1) is 10.1 Å². The van der Waals surface area contributed by atoms with Gasteiger partial charge in [0.2, 0.25) is 10.0 Å². The van der Waals surface area contributed by atoms with Gasteiger partial charge in [0.05, 0.1) is 15.4 Å². The van der Waals surface area contributed by atoms with Crippen molar-refractivity contribution in [2.24, 2.45) is 4.99 Å². The van der Waals surface area contributed by atoms with E-state index in [4.69, 9.17) is 0 Å². The Morgan fingerprint density at radius 1 is 1.18 bits per heavy atom. The Morgan fingerprint density at radius 3 is 2.50 bits per heavy atom. The lowest BCUT2D eigenvalue weighted by Crippen LogP contribution is -2.30. The minimum Gasteiger partial charge on any atom is -0.506 e. The van der Waals surface area contributed by atoms with Crippen LogP contribution in [0.1, 0.15) is 19.4 Å². The molecule has 0 heterocycles. The molecule has 0 fully saturated rings. The van der Waals surface area contributed by atoms with Gasteiger partial charge in [-0.3, -0.25) is 15.1 Å². The van der Waals surface area contributed by atoms with Crippen LogP contribution in [-0.4, -0.2) is 42.1 Å². The molecule has 0 amide bonds. The summed E-state index contributed by atoms with van der Waals surface area (Å²) in [5.74, 6) is -0.172. The van der Waals surface area contributed by atoms with Crippen molar-refractivity contribution in [2.45, 2.75) is 18.7 Å². The summed E-state index contributed by atoms with van der Waals surface area (Å²) in [4.78, 5) is 14.6. The monoisotopic (exact) mass is 403 g/mol. The predicted octanol–water partition coefficient (Wildman–Crippen LogP) is 3.75. The van der Waals surface area contributed by atoms with Crippen molar-refractivity contribution < 1.29 is 18.4 Å². The van der Waals surface area contributed by atoms with Gasteiger partial charge in [0.25, 0.3) is 5.69 Å². The molecule has 0 aliphatic carbocycles.